The average Bonchev–Trinajstić information content (AvgIpc) is 2.05. The van der Waals surface area contributed by atoms with Crippen LogP contribution >= 0.6 is 0 Å². The number of aromatic hydroxyl groups is 1. The summed E-state index contributed by atoms with van der Waals surface area (Å²) < 4.78 is 0. The van der Waals surface area contributed by atoms with Crippen molar-refractivity contribution in [3.8, 4) is 5.75 Å². The van der Waals surface area contributed by atoms with Crippen LogP contribution in [-0.2, 0) is 0 Å². The van der Waals surface area contributed by atoms with Crippen molar-refractivity contribution in [3.63, 3.8) is 0 Å². The lowest BCUT2D eigenvalue weighted by Crippen LogP contribution is -2.22. The molecule has 0 saturated heterocycles. The van der Waals surface area contributed by atoms with Crippen molar-refractivity contribution >= 4 is 20.1 Å². The lowest BCUT2D eigenvalue weighted by molar-refractivity contribution is 0.479. The zero-order valence-corrected chi connectivity index (χ0v) is 8.70. The van der Waals surface area contributed by atoms with Crippen molar-refractivity contribution in [2.24, 2.45) is 0 Å². The molecule has 0 bridgehead atoms. The van der Waals surface area contributed by atoms with Gasteiger partial charge in [-0.25, -0.2) is 0 Å². The predicted octanol–water partition coefficient (Wildman–Crippen LogP) is 1.73. The molecule has 1 N–H and O–H groups in total. The number of rotatable bonds is 2. The molecule has 0 aliphatic heterocycles. The third kappa shape index (κ3) is 1.77. The van der Waals surface area contributed by atoms with Crippen LogP contribution in [0.2, 0.25) is 13.1 Å². The normalized spacial score (nSPS) is 10.2. The van der Waals surface area contributed by atoms with Gasteiger partial charge in [-0.15, -0.1) is 0 Å². The second kappa shape index (κ2) is 3.58. The molecule has 0 fully saturated rings. The van der Waals surface area contributed by atoms with Crippen molar-refractivity contribution < 1.29 is 5.11 Å². The van der Waals surface area contributed by atoms with Gasteiger partial charge in [0.15, 0.2) is 0 Å². The van der Waals surface area contributed by atoms with Gasteiger partial charge in [0.25, 0.3) is 0 Å². The summed E-state index contributed by atoms with van der Waals surface area (Å²) in [5.74, 6) is 0.433. The van der Waals surface area contributed by atoms with Crippen molar-refractivity contribution in [3.05, 3.63) is 30.3 Å². The molecule has 0 heterocycles. The third-order valence-corrected chi connectivity index (χ3v) is 3.62. The van der Waals surface area contributed by atoms with Crippen LogP contribution in [0.25, 0.3) is 6.08 Å². The van der Waals surface area contributed by atoms with Gasteiger partial charge in [-0.2, -0.15) is 0 Å². The molecule has 1 rings (SSSR count). The molecule has 0 saturated carbocycles. The first-order valence-corrected chi connectivity index (χ1v) is 6.99. The molecule has 0 aliphatic carbocycles. The molecule has 0 spiro atoms. The molecule has 64 valence electrons. The maximum Gasteiger partial charge on any atom is 0.114 e. The first-order valence-electron chi connectivity index (χ1n) is 4.10. The molecular weight excluding hydrogens is 164 g/mol. The average molecular weight is 178 g/mol. The zero-order chi connectivity index (χ0) is 9.14. The van der Waals surface area contributed by atoms with Crippen molar-refractivity contribution in [1.29, 1.82) is 0 Å². The van der Waals surface area contributed by atoms with E-state index in [-0.39, 0.29) is 0 Å². The second-order valence-corrected chi connectivity index (χ2v) is 6.11. The summed E-state index contributed by atoms with van der Waals surface area (Å²) in [4.78, 5) is 0. The number of hydrogen-bond donors (Lipinski definition) is 1. The maximum absolute atomic E-state index is 9.50. The summed E-state index contributed by atoms with van der Waals surface area (Å²) >= 11 is 0. The lowest BCUT2D eigenvalue weighted by atomic mass is 10.2. The molecule has 1 aromatic carbocycles. The van der Waals surface area contributed by atoms with Gasteiger partial charge in [0.2, 0.25) is 0 Å². The van der Waals surface area contributed by atoms with Crippen LogP contribution in [0.3, 0.4) is 0 Å². The number of benzene rings is 1. The fourth-order valence-electron chi connectivity index (χ4n) is 1.16. The van der Waals surface area contributed by atoms with Crippen LogP contribution in [0, 0.1) is 0 Å². The summed E-state index contributed by atoms with van der Waals surface area (Å²) in [5, 5.41) is 10.6. The fraction of sp³-hybridized carbons (Fsp3) is 0.200. The molecular formula is C10H14OSi. The Bertz CT molecular complexity index is 292. The quantitative estimate of drug-likeness (QED) is 0.684. The Morgan fingerprint density at radius 3 is 2.58 bits per heavy atom. The third-order valence-electron chi connectivity index (χ3n) is 1.91. The van der Waals surface area contributed by atoms with Gasteiger partial charge in [0, 0.05) is 0 Å². The van der Waals surface area contributed by atoms with E-state index in [1.54, 1.807) is 12.1 Å². The maximum atomic E-state index is 9.50. The summed E-state index contributed by atoms with van der Waals surface area (Å²) in [7, 11) is -0.908. The van der Waals surface area contributed by atoms with E-state index in [1.807, 2.05) is 12.1 Å². The predicted molar refractivity (Wildman–Crippen MR) is 56.7 cm³/mol. The summed E-state index contributed by atoms with van der Waals surface area (Å²) in [6.07, 6.45) is 1.81. The highest BCUT2D eigenvalue weighted by molar-refractivity contribution is 6.71. The topological polar surface area (TPSA) is 20.2 Å². The molecule has 1 aromatic rings. The van der Waals surface area contributed by atoms with E-state index in [1.165, 1.54) is 0 Å². The Morgan fingerprint density at radius 2 is 2.08 bits per heavy atom. The summed E-state index contributed by atoms with van der Waals surface area (Å²) in [5.41, 5.74) is 1.09. The number of phenolic OH excluding ortho intramolecular Hbond substituents is 1. The van der Waals surface area contributed by atoms with Gasteiger partial charge < -0.3 is 5.11 Å². The largest absolute Gasteiger partial charge is 0.508 e. The minimum Gasteiger partial charge on any atom is -0.508 e. The fourth-order valence-corrected chi connectivity index (χ4v) is 2.38. The molecule has 12 heavy (non-hydrogen) atoms. The van der Waals surface area contributed by atoms with E-state index in [2.05, 4.69) is 19.7 Å². The monoisotopic (exact) mass is 178 g/mol. The molecule has 0 unspecified atom stereocenters. The summed E-state index contributed by atoms with van der Waals surface area (Å²) in [6, 6.07) is 5.65. The highest BCUT2D eigenvalue weighted by atomic mass is 28.3. The smallest absolute Gasteiger partial charge is 0.114 e. The zero-order valence-electron chi connectivity index (χ0n) is 7.54. The molecule has 2 heteroatoms. The Kier molecular flexibility index (Phi) is 2.71. The van der Waals surface area contributed by atoms with Crippen LogP contribution < -0.4 is 5.19 Å². The van der Waals surface area contributed by atoms with E-state index < -0.39 is 8.80 Å². The highest BCUT2D eigenvalue weighted by Crippen LogP contribution is 2.09. The van der Waals surface area contributed by atoms with Crippen LogP contribution in [0.5, 0.6) is 5.75 Å². The van der Waals surface area contributed by atoms with Crippen molar-refractivity contribution in [2.75, 3.05) is 0 Å². The standard InChI is InChI=1S/C10H14OSi/c1-4-8-5-6-9(11)10(7-8)12(2)3/h4-7,11-12H,1H2,2-3H3. The molecule has 0 atom stereocenters. The van der Waals surface area contributed by atoms with Gasteiger partial charge in [0.1, 0.15) is 5.75 Å². The first-order chi connectivity index (χ1) is 5.65. The van der Waals surface area contributed by atoms with Crippen LogP contribution in [-0.4, -0.2) is 13.9 Å². The lowest BCUT2D eigenvalue weighted by Gasteiger charge is -2.07. The minimum absolute atomic E-state index is 0.433. The van der Waals surface area contributed by atoms with E-state index in [4.69, 9.17) is 0 Å². The SMILES string of the molecule is C=Cc1ccc(O)c([SiH](C)C)c1. The van der Waals surface area contributed by atoms with Crippen LogP contribution in [0.4, 0.5) is 0 Å². The Labute approximate surface area is 75.0 Å². The number of phenols is 1. The van der Waals surface area contributed by atoms with Gasteiger partial charge in [0.05, 0.1) is 8.80 Å². The van der Waals surface area contributed by atoms with E-state index in [0.717, 1.165) is 10.8 Å². The van der Waals surface area contributed by atoms with Gasteiger partial charge in [-0.05, 0) is 16.8 Å². The molecule has 0 amide bonds. The Balaban J connectivity index is 3.16. The van der Waals surface area contributed by atoms with Gasteiger partial charge >= 0.3 is 0 Å². The number of hydrogen-bond acceptors (Lipinski definition) is 1. The summed E-state index contributed by atoms with van der Waals surface area (Å²) in [6.45, 7) is 8.09. The van der Waals surface area contributed by atoms with Crippen LogP contribution in [0.15, 0.2) is 24.8 Å². The van der Waals surface area contributed by atoms with E-state index in [9.17, 15) is 5.11 Å². The molecule has 0 radical (unpaired) electrons. The Morgan fingerprint density at radius 1 is 1.42 bits per heavy atom. The van der Waals surface area contributed by atoms with Crippen molar-refractivity contribution in [1.82, 2.24) is 0 Å². The van der Waals surface area contributed by atoms with Gasteiger partial charge in [-0.3, -0.25) is 0 Å². The van der Waals surface area contributed by atoms with Crippen LogP contribution in [0.1, 0.15) is 5.56 Å². The highest BCUT2D eigenvalue weighted by Gasteiger charge is 2.05. The molecule has 0 aliphatic rings. The van der Waals surface area contributed by atoms with Gasteiger partial charge in [-0.1, -0.05) is 37.9 Å². The minimum atomic E-state index is -0.908. The van der Waals surface area contributed by atoms with E-state index >= 15 is 0 Å². The van der Waals surface area contributed by atoms with Crippen molar-refractivity contribution in [2.45, 2.75) is 13.1 Å². The van der Waals surface area contributed by atoms with E-state index in [0.29, 0.717) is 5.75 Å². The first kappa shape index (κ1) is 9.07. The molecule has 1 nitrogen and oxygen atoms in total. The second-order valence-electron chi connectivity index (χ2n) is 3.18. The Hall–Kier alpha value is -1.02. The molecule has 0 aromatic heterocycles.